The van der Waals surface area contributed by atoms with Crippen LogP contribution in [-0.4, -0.2) is 36.1 Å². The molecule has 4 atom stereocenters. The summed E-state index contributed by atoms with van der Waals surface area (Å²) >= 11 is 0. The molecule has 0 bridgehead atoms. The molecular formula is C12H24O3. The zero-order valence-corrected chi connectivity index (χ0v) is 10.4. The van der Waals surface area contributed by atoms with Crippen molar-refractivity contribution in [3.8, 4) is 0 Å². The maximum atomic E-state index is 10.2. The molecule has 1 aliphatic carbocycles. The molecule has 2 N–H and O–H groups in total. The summed E-state index contributed by atoms with van der Waals surface area (Å²) in [5, 5.41) is 19.6. The summed E-state index contributed by atoms with van der Waals surface area (Å²) in [4.78, 5) is 0. The van der Waals surface area contributed by atoms with Crippen LogP contribution >= 0.6 is 0 Å². The first-order valence-corrected chi connectivity index (χ1v) is 5.60. The van der Waals surface area contributed by atoms with Crippen molar-refractivity contribution in [3.05, 3.63) is 0 Å². The van der Waals surface area contributed by atoms with E-state index in [-0.39, 0.29) is 24.0 Å². The molecule has 90 valence electrons. The fourth-order valence-electron chi connectivity index (χ4n) is 3.44. The Bertz CT molecular complexity index is 227. The molecule has 3 heteroatoms. The molecule has 1 rings (SSSR count). The lowest BCUT2D eigenvalue weighted by Gasteiger charge is -2.52. The van der Waals surface area contributed by atoms with Crippen molar-refractivity contribution in [1.29, 1.82) is 0 Å². The van der Waals surface area contributed by atoms with Gasteiger partial charge in [0.2, 0.25) is 0 Å². The predicted octanol–water partition coefficient (Wildman–Crippen LogP) is 1.43. The van der Waals surface area contributed by atoms with E-state index in [0.29, 0.717) is 0 Å². The minimum atomic E-state index is -0.500. The van der Waals surface area contributed by atoms with Crippen LogP contribution in [0.5, 0.6) is 0 Å². The molecule has 1 aliphatic rings. The largest absolute Gasteiger partial charge is 0.396 e. The number of ether oxygens (including phenoxy) is 1. The Morgan fingerprint density at radius 3 is 2.27 bits per heavy atom. The lowest BCUT2D eigenvalue weighted by Crippen LogP contribution is -2.56. The number of hydrogen-bond donors (Lipinski definition) is 2. The van der Waals surface area contributed by atoms with E-state index in [0.717, 1.165) is 6.42 Å². The van der Waals surface area contributed by atoms with Crippen LogP contribution in [0.25, 0.3) is 0 Å². The molecule has 0 heterocycles. The number of aliphatic hydroxyl groups excluding tert-OH is 2. The molecule has 0 spiro atoms. The van der Waals surface area contributed by atoms with E-state index < -0.39 is 11.5 Å². The van der Waals surface area contributed by atoms with Crippen molar-refractivity contribution >= 4 is 0 Å². The summed E-state index contributed by atoms with van der Waals surface area (Å²) in [7, 11) is 1.69. The van der Waals surface area contributed by atoms with Crippen molar-refractivity contribution in [3.63, 3.8) is 0 Å². The van der Waals surface area contributed by atoms with Crippen LogP contribution in [0.3, 0.4) is 0 Å². The average Bonchev–Trinajstić information content (AvgIpc) is 2.14. The van der Waals surface area contributed by atoms with Crippen LogP contribution in [0.1, 0.15) is 34.1 Å². The Balaban J connectivity index is 2.99. The number of methoxy groups -OCH3 is 1. The Morgan fingerprint density at radius 1 is 1.33 bits per heavy atom. The van der Waals surface area contributed by atoms with Gasteiger partial charge in [-0.05, 0) is 11.8 Å². The first-order valence-electron chi connectivity index (χ1n) is 5.60. The van der Waals surface area contributed by atoms with Crippen molar-refractivity contribution < 1.29 is 14.9 Å². The van der Waals surface area contributed by atoms with E-state index in [1.54, 1.807) is 7.11 Å². The van der Waals surface area contributed by atoms with Crippen molar-refractivity contribution in [2.24, 2.45) is 16.7 Å². The number of aliphatic hydroxyl groups is 2. The molecule has 0 aromatic rings. The first-order chi connectivity index (χ1) is 6.78. The van der Waals surface area contributed by atoms with Crippen LogP contribution in [0.2, 0.25) is 0 Å². The van der Waals surface area contributed by atoms with E-state index in [2.05, 4.69) is 13.8 Å². The summed E-state index contributed by atoms with van der Waals surface area (Å²) in [5.41, 5.74) is -0.414. The standard InChI is InChI=1S/C12H24O3/c1-8-9(14)12(4,7-13)6-11(2,3)10(8)15-5/h8-10,13-14H,6-7H2,1-5H3. The average molecular weight is 216 g/mol. The van der Waals surface area contributed by atoms with Gasteiger partial charge in [0.15, 0.2) is 0 Å². The third-order valence-electron chi connectivity index (χ3n) is 3.93. The van der Waals surface area contributed by atoms with Gasteiger partial charge in [0.1, 0.15) is 0 Å². The van der Waals surface area contributed by atoms with Gasteiger partial charge in [-0.15, -0.1) is 0 Å². The monoisotopic (exact) mass is 216 g/mol. The summed E-state index contributed by atoms with van der Waals surface area (Å²) in [6.07, 6.45) is 0.327. The van der Waals surface area contributed by atoms with Gasteiger partial charge < -0.3 is 14.9 Å². The maximum Gasteiger partial charge on any atom is 0.0672 e. The van der Waals surface area contributed by atoms with E-state index >= 15 is 0 Å². The van der Waals surface area contributed by atoms with Gasteiger partial charge in [-0.25, -0.2) is 0 Å². The van der Waals surface area contributed by atoms with E-state index in [9.17, 15) is 10.2 Å². The molecule has 0 aromatic heterocycles. The normalized spacial score (nSPS) is 45.4. The molecule has 0 amide bonds. The lowest BCUT2D eigenvalue weighted by atomic mass is 9.58. The highest BCUT2D eigenvalue weighted by Gasteiger charge is 2.52. The maximum absolute atomic E-state index is 10.2. The second-order valence-corrected chi connectivity index (χ2v) is 5.94. The molecule has 0 aromatic carbocycles. The zero-order chi connectivity index (χ0) is 11.9. The molecule has 3 nitrogen and oxygen atoms in total. The van der Waals surface area contributed by atoms with Crippen LogP contribution in [0.4, 0.5) is 0 Å². The summed E-state index contributed by atoms with van der Waals surface area (Å²) in [6, 6.07) is 0. The van der Waals surface area contributed by atoms with Crippen LogP contribution in [0, 0.1) is 16.7 Å². The van der Waals surface area contributed by atoms with Gasteiger partial charge in [0.25, 0.3) is 0 Å². The van der Waals surface area contributed by atoms with Gasteiger partial charge in [-0.1, -0.05) is 27.7 Å². The van der Waals surface area contributed by atoms with Crippen LogP contribution in [-0.2, 0) is 4.74 Å². The summed E-state index contributed by atoms with van der Waals surface area (Å²) < 4.78 is 5.49. The molecule has 1 saturated carbocycles. The molecule has 0 saturated heterocycles. The van der Waals surface area contributed by atoms with Gasteiger partial charge in [0, 0.05) is 18.4 Å². The Morgan fingerprint density at radius 2 is 1.87 bits per heavy atom. The van der Waals surface area contributed by atoms with E-state index in [4.69, 9.17) is 4.74 Å². The van der Waals surface area contributed by atoms with Gasteiger partial charge >= 0.3 is 0 Å². The highest BCUT2D eigenvalue weighted by atomic mass is 16.5. The quantitative estimate of drug-likeness (QED) is 0.734. The number of rotatable bonds is 2. The molecular weight excluding hydrogens is 192 g/mol. The van der Waals surface area contributed by atoms with E-state index in [1.165, 1.54) is 0 Å². The topological polar surface area (TPSA) is 49.7 Å². The van der Waals surface area contributed by atoms with Crippen molar-refractivity contribution in [2.45, 2.75) is 46.3 Å². The van der Waals surface area contributed by atoms with E-state index in [1.807, 2.05) is 13.8 Å². The fourth-order valence-corrected chi connectivity index (χ4v) is 3.44. The smallest absolute Gasteiger partial charge is 0.0672 e. The first kappa shape index (κ1) is 12.9. The fraction of sp³-hybridized carbons (Fsp3) is 1.00. The number of hydrogen-bond acceptors (Lipinski definition) is 3. The SMILES string of the molecule is COC1C(C)C(O)C(C)(CO)CC1(C)C. The highest BCUT2D eigenvalue weighted by Crippen LogP contribution is 2.49. The van der Waals surface area contributed by atoms with Crippen molar-refractivity contribution in [1.82, 2.24) is 0 Å². The summed E-state index contributed by atoms with van der Waals surface area (Å²) in [5.74, 6) is 0.0518. The Hall–Kier alpha value is -0.120. The lowest BCUT2D eigenvalue weighted by molar-refractivity contribution is -0.173. The Labute approximate surface area is 92.4 Å². The van der Waals surface area contributed by atoms with Crippen molar-refractivity contribution in [2.75, 3.05) is 13.7 Å². The molecule has 1 fully saturated rings. The predicted molar refractivity (Wildman–Crippen MR) is 59.6 cm³/mol. The molecule has 15 heavy (non-hydrogen) atoms. The zero-order valence-electron chi connectivity index (χ0n) is 10.4. The minimum absolute atomic E-state index is 0.00905. The molecule has 0 radical (unpaired) electrons. The minimum Gasteiger partial charge on any atom is -0.396 e. The van der Waals surface area contributed by atoms with Gasteiger partial charge in [-0.3, -0.25) is 0 Å². The molecule has 0 aliphatic heterocycles. The Kier molecular flexibility index (Phi) is 3.49. The summed E-state index contributed by atoms with van der Waals surface area (Å²) in [6.45, 7) is 8.24. The van der Waals surface area contributed by atoms with Crippen LogP contribution in [0.15, 0.2) is 0 Å². The molecule has 4 unspecified atom stereocenters. The van der Waals surface area contributed by atoms with Gasteiger partial charge in [0.05, 0.1) is 18.8 Å². The second-order valence-electron chi connectivity index (χ2n) is 5.94. The third-order valence-corrected chi connectivity index (χ3v) is 3.93. The van der Waals surface area contributed by atoms with Crippen LogP contribution < -0.4 is 0 Å². The third kappa shape index (κ3) is 2.05. The highest BCUT2D eigenvalue weighted by molar-refractivity contribution is 5.01. The second kappa shape index (κ2) is 4.04. The van der Waals surface area contributed by atoms with Gasteiger partial charge in [-0.2, -0.15) is 0 Å².